The molecule has 0 atom stereocenters. The number of aryl methyl sites for hydroxylation is 1. The number of nitrogens with one attached hydrogen (secondary N) is 1. The van der Waals surface area contributed by atoms with Gasteiger partial charge in [-0.1, -0.05) is 36.4 Å². The molecule has 3 aromatic rings. The minimum Gasteiger partial charge on any atom is -0.489 e. The molecule has 0 aliphatic carbocycles. The molecule has 0 fully saturated rings. The van der Waals surface area contributed by atoms with Gasteiger partial charge >= 0.3 is 0 Å². The van der Waals surface area contributed by atoms with Gasteiger partial charge in [0, 0.05) is 17.7 Å². The zero-order valence-corrected chi connectivity index (χ0v) is 14.7. The van der Waals surface area contributed by atoms with Crippen LogP contribution in [-0.2, 0) is 6.61 Å². The van der Waals surface area contributed by atoms with Gasteiger partial charge in [0.25, 0.3) is 11.6 Å². The van der Waals surface area contributed by atoms with Crippen LogP contribution in [0.25, 0.3) is 0 Å². The highest BCUT2D eigenvalue weighted by Crippen LogP contribution is 2.22. The van der Waals surface area contributed by atoms with Crippen LogP contribution in [0.3, 0.4) is 0 Å². The maximum absolute atomic E-state index is 12.4. The minimum atomic E-state index is -0.489. The van der Waals surface area contributed by atoms with Crippen LogP contribution in [0.5, 0.6) is 5.75 Å². The largest absolute Gasteiger partial charge is 0.489 e. The van der Waals surface area contributed by atoms with Gasteiger partial charge in [-0.2, -0.15) is 0 Å². The number of anilines is 1. The van der Waals surface area contributed by atoms with Crippen LogP contribution in [0.15, 0.2) is 72.8 Å². The molecule has 0 aliphatic rings. The van der Waals surface area contributed by atoms with Crippen molar-refractivity contribution in [1.82, 2.24) is 0 Å². The van der Waals surface area contributed by atoms with E-state index in [1.165, 1.54) is 12.1 Å². The summed E-state index contributed by atoms with van der Waals surface area (Å²) >= 11 is 0. The Bertz CT molecular complexity index is 954. The Morgan fingerprint density at radius 1 is 1.04 bits per heavy atom. The van der Waals surface area contributed by atoms with Gasteiger partial charge in [0.1, 0.15) is 12.4 Å². The quantitative estimate of drug-likeness (QED) is 0.507. The second kappa shape index (κ2) is 8.14. The second-order valence-corrected chi connectivity index (χ2v) is 6.01. The molecule has 3 rings (SSSR count). The first-order chi connectivity index (χ1) is 13.0. The van der Waals surface area contributed by atoms with Crippen molar-refractivity contribution in [2.24, 2.45) is 0 Å². The number of non-ortho nitro benzene ring substituents is 1. The van der Waals surface area contributed by atoms with Crippen molar-refractivity contribution < 1.29 is 14.5 Å². The molecule has 1 N–H and O–H groups in total. The van der Waals surface area contributed by atoms with E-state index in [1.54, 1.807) is 25.1 Å². The van der Waals surface area contributed by atoms with Crippen LogP contribution >= 0.6 is 0 Å². The standard InChI is InChI=1S/C21H18N2O4/c1-15-7-12-18(23(25)26)13-20(15)22-21(24)17-10-8-16(9-11-17)14-27-19-5-3-2-4-6-19/h2-13H,14H2,1H3,(H,22,24). The summed E-state index contributed by atoms with van der Waals surface area (Å²) in [7, 11) is 0. The summed E-state index contributed by atoms with van der Waals surface area (Å²) < 4.78 is 5.67. The molecule has 6 heteroatoms. The van der Waals surface area contributed by atoms with Crippen LogP contribution in [0, 0.1) is 17.0 Å². The monoisotopic (exact) mass is 362 g/mol. The molecule has 0 saturated carbocycles. The number of para-hydroxylation sites is 1. The Balaban J connectivity index is 1.65. The predicted molar refractivity (Wildman–Crippen MR) is 103 cm³/mol. The average molecular weight is 362 g/mol. The lowest BCUT2D eigenvalue weighted by atomic mass is 10.1. The third-order valence-corrected chi connectivity index (χ3v) is 4.05. The number of amides is 1. The first kappa shape index (κ1) is 18.1. The summed E-state index contributed by atoms with van der Waals surface area (Å²) in [6, 6.07) is 20.9. The SMILES string of the molecule is Cc1ccc([N+](=O)[O-])cc1NC(=O)c1ccc(COc2ccccc2)cc1. The molecule has 0 bridgehead atoms. The fraction of sp³-hybridized carbons (Fsp3) is 0.0952. The summed E-state index contributed by atoms with van der Waals surface area (Å²) in [6.07, 6.45) is 0. The highest BCUT2D eigenvalue weighted by molar-refractivity contribution is 6.04. The molecule has 0 radical (unpaired) electrons. The molecule has 0 spiro atoms. The number of carbonyl (C=O) groups is 1. The molecular formula is C21H18N2O4. The Morgan fingerprint density at radius 3 is 2.41 bits per heavy atom. The third-order valence-electron chi connectivity index (χ3n) is 4.05. The summed E-state index contributed by atoms with van der Waals surface area (Å²) in [5, 5.41) is 13.6. The molecule has 0 unspecified atom stereocenters. The lowest BCUT2D eigenvalue weighted by molar-refractivity contribution is -0.384. The summed E-state index contributed by atoms with van der Waals surface area (Å²) in [5.74, 6) is 0.453. The zero-order chi connectivity index (χ0) is 19.2. The molecule has 27 heavy (non-hydrogen) atoms. The van der Waals surface area contributed by atoms with Crippen LogP contribution < -0.4 is 10.1 Å². The van der Waals surface area contributed by atoms with Gasteiger partial charge in [-0.15, -0.1) is 0 Å². The smallest absolute Gasteiger partial charge is 0.271 e. The maximum Gasteiger partial charge on any atom is 0.271 e. The predicted octanol–water partition coefficient (Wildman–Crippen LogP) is 4.73. The van der Waals surface area contributed by atoms with Gasteiger partial charge in [0.15, 0.2) is 0 Å². The molecule has 6 nitrogen and oxygen atoms in total. The van der Waals surface area contributed by atoms with Gasteiger partial charge in [0.05, 0.1) is 10.6 Å². The summed E-state index contributed by atoms with van der Waals surface area (Å²) in [5.41, 5.74) is 2.50. The van der Waals surface area contributed by atoms with E-state index in [4.69, 9.17) is 4.74 Å². The van der Waals surface area contributed by atoms with E-state index in [9.17, 15) is 14.9 Å². The number of nitrogens with zero attached hydrogens (tertiary/aromatic N) is 1. The van der Waals surface area contributed by atoms with E-state index in [1.807, 2.05) is 42.5 Å². The summed E-state index contributed by atoms with van der Waals surface area (Å²) in [6.45, 7) is 2.18. The van der Waals surface area contributed by atoms with E-state index in [-0.39, 0.29) is 11.6 Å². The van der Waals surface area contributed by atoms with Crippen LogP contribution in [0.2, 0.25) is 0 Å². The van der Waals surface area contributed by atoms with Crippen LogP contribution in [0.1, 0.15) is 21.5 Å². The van der Waals surface area contributed by atoms with Crippen molar-refractivity contribution in [1.29, 1.82) is 0 Å². The number of rotatable bonds is 6. The molecule has 0 saturated heterocycles. The van der Waals surface area contributed by atoms with Gasteiger partial charge in [-0.25, -0.2) is 0 Å². The average Bonchev–Trinajstić information content (AvgIpc) is 2.69. The number of nitro benzene ring substituents is 1. The molecule has 1 amide bonds. The number of benzene rings is 3. The lowest BCUT2D eigenvalue weighted by Crippen LogP contribution is -2.13. The Labute approximate surface area is 156 Å². The van der Waals surface area contributed by atoms with Gasteiger partial charge in [0.2, 0.25) is 0 Å². The fourth-order valence-electron chi connectivity index (χ4n) is 2.49. The fourth-order valence-corrected chi connectivity index (χ4v) is 2.49. The third kappa shape index (κ3) is 4.70. The normalized spacial score (nSPS) is 10.3. The number of ether oxygens (including phenoxy) is 1. The Kier molecular flexibility index (Phi) is 5.47. The van der Waals surface area contributed by atoms with Crippen molar-refractivity contribution in [3.05, 3.63) is 99.6 Å². The summed E-state index contributed by atoms with van der Waals surface area (Å²) in [4.78, 5) is 22.8. The molecule has 0 aliphatic heterocycles. The number of hydrogen-bond donors (Lipinski definition) is 1. The van der Waals surface area contributed by atoms with Crippen LogP contribution in [0.4, 0.5) is 11.4 Å². The van der Waals surface area contributed by atoms with Crippen molar-refractivity contribution in [3.63, 3.8) is 0 Å². The number of nitro groups is 1. The number of hydrogen-bond acceptors (Lipinski definition) is 4. The van der Waals surface area contributed by atoms with E-state index >= 15 is 0 Å². The molecule has 3 aromatic carbocycles. The highest BCUT2D eigenvalue weighted by atomic mass is 16.6. The van der Waals surface area contributed by atoms with Gasteiger partial charge < -0.3 is 10.1 Å². The Morgan fingerprint density at radius 2 is 1.74 bits per heavy atom. The van der Waals surface area contributed by atoms with Gasteiger partial charge in [-0.3, -0.25) is 14.9 Å². The topological polar surface area (TPSA) is 81.5 Å². The van der Waals surface area contributed by atoms with E-state index in [2.05, 4.69) is 5.32 Å². The van der Waals surface area contributed by atoms with Crippen molar-refractivity contribution in [3.8, 4) is 5.75 Å². The first-order valence-electron chi connectivity index (χ1n) is 8.36. The van der Waals surface area contributed by atoms with Crippen molar-refractivity contribution in [2.45, 2.75) is 13.5 Å². The van der Waals surface area contributed by atoms with Crippen LogP contribution in [-0.4, -0.2) is 10.8 Å². The lowest BCUT2D eigenvalue weighted by Gasteiger charge is -2.09. The zero-order valence-electron chi connectivity index (χ0n) is 14.7. The van der Waals surface area contributed by atoms with Crippen molar-refractivity contribution >= 4 is 17.3 Å². The maximum atomic E-state index is 12.4. The van der Waals surface area contributed by atoms with Crippen molar-refractivity contribution in [2.75, 3.05) is 5.32 Å². The van der Waals surface area contributed by atoms with E-state index < -0.39 is 4.92 Å². The minimum absolute atomic E-state index is 0.0655. The van der Waals surface area contributed by atoms with Gasteiger partial charge in [-0.05, 0) is 42.3 Å². The molecular weight excluding hydrogens is 344 g/mol. The Hall–Kier alpha value is -3.67. The highest BCUT2D eigenvalue weighted by Gasteiger charge is 2.12. The second-order valence-electron chi connectivity index (χ2n) is 6.01. The van der Waals surface area contributed by atoms with E-state index in [0.717, 1.165) is 16.9 Å². The van der Waals surface area contributed by atoms with E-state index in [0.29, 0.717) is 17.9 Å². The number of carbonyl (C=O) groups excluding carboxylic acids is 1. The molecule has 0 heterocycles. The molecule has 136 valence electrons. The first-order valence-corrected chi connectivity index (χ1v) is 8.36. The molecule has 0 aromatic heterocycles.